The van der Waals surface area contributed by atoms with Crippen LogP contribution in [0, 0.1) is 0 Å². The van der Waals surface area contributed by atoms with Crippen molar-refractivity contribution in [2.75, 3.05) is 7.11 Å². The van der Waals surface area contributed by atoms with Crippen molar-refractivity contribution in [3.63, 3.8) is 0 Å². The third kappa shape index (κ3) is 6.84. The summed E-state index contributed by atoms with van der Waals surface area (Å²) in [5.41, 5.74) is 0.316. The fourth-order valence-corrected chi connectivity index (χ4v) is 2.83. The highest BCUT2D eigenvalue weighted by Crippen LogP contribution is 2.14. The third-order valence-electron chi connectivity index (χ3n) is 4.50. The summed E-state index contributed by atoms with van der Waals surface area (Å²) >= 11 is 0. The summed E-state index contributed by atoms with van der Waals surface area (Å²) in [5.74, 6) is -1.11. The molecule has 0 aliphatic heterocycles. The average molecular weight is 397 g/mol. The summed E-state index contributed by atoms with van der Waals surface area (Å²) in [7, 11) is 1.27. The second kappa shape index (κ2) is 10.5. The Hall–Kier alpha value is -2.99. The first-order chi connectivity index (χ1) is 13.8. The highest BCUT2D eigenvalue weighted by molar-refractivity contribution is 5.96. The summed E-state index contributed by atoms with van der Waals surface area (Å²) in [4.78, 5) is 37.1. The SMILES string of the molecule is COC(=O)C(CCC(=O)c1ccccc1)NC(C)(C)C(=O)OCc1ccccc1. The van der Waals surface area contributed by atoms with Crippen molar-refractivity contribution < 1.29 is 23.9 Å². The third-order valence-corrected chi connectivity index (χ3v) is 4.50. The van der Waals surface area contributed by atoms with Gasteiger partial charge < -0.3 is 9.47 Å². The lowest BCUT2D eigenvalue weighted by Crippen LogP contribution is -2.55. The van der Waals surface area contributed by atoms with Crippen molar-refractivity contribution in [3.05, 3.63) is 71.8 Å². The minimum Gasteiger partial charge on any atom is -0.468 e. The molecule has 29 heavy (non-hydrogen) atoms. The molecular weight excluding hydrogens is 370 g/mol. The zero-order valence-corrected chi connectivity index (χ0v) is 17.0. The van der Waals surface area contributed by atoms with Crippen molar-refractivity contribution >= 4 is 17.7 Å². The molecule has 0 amide bonds. The molecule has 0 heterocycles. The summed E-state index contributed by atoms with van der Waals surface area (Å²) in [6.07, 6.45) is 0.349. The predicted molar refractivity (Wildman–Crippen MR) is 109 cm³/mol. The fraction of sp³-hybridized carbons (Fsp3) is 0.348. The van der Waals surface area contributed by atoms with E-state index < -0.39 is 23.5 Å². The van der Waals surface area contributed by atoms with Crippen LogP contribution in [0.2, 0.25) is 0 Å². The first kappa shape index (κ1) is 22.3. The minimum atomic E-state index is -1.14. The van der Waals surface area contributed by atoms with Crippen LogP contribution >= 0.6 is 0 Å². The van der Waals surface area contributed by atoms with Crippen LogP contribution in [-0.4, -0.2) is 36.4 Å². The first-order valence-corrected chi connectivity index (χ1v) is 9.48. The maximum Gasteiger partial charge on any atom is 0.326 e. The lowest BCUT2D eigenvalue weighted by Gasteiger charge is -2.28. The van der Waals surface area contributed by atoms with Gasteiger partial charge >= 0.3 is 11.9 Å². The van der Waals surface area contributed by atoms with E-state index in [1.165, 1.54) is 7.11 Å². The summed E-state index contributed by atoms with van der Waals surface area (Å²) in [6, 6.07) is 17.4. The predicted octanol–water partition coefficient (Wildman–Crippen LogP) is 3.30. The standard InChI is InChI=1S/C23H27NO5/c1-23(2,22(27)29-16-17-10-6-4-7-11-17)24-19(21(26)28-3)14-15-20(25)18-12-8-5-9-13-18/h4-13,19,24H,14-16H2,1-3H3. The zero-order valence-electron chi connectivity index (χ0n) is 17.0. The molecule has 0 radical (unpaired) electrons. The number of benzene rings is 2. The average Bonchev–Trinajstić information content (AvgIpc) is 2.75. The molecule has 0 aromatic heterocycles. The number of carbonyl (C=O) groups is 3. The van der Waals surface area contributed by atoms with E-state index in [2.05, 4.69) is 5.32 Å². The number of nitrogens with one attached hydrogen (secondary N) is 1. The number of rotatable bonds is 10. The molecule has 1 N–H and O–H groups in total. The Morgan fingerprint density at radius 3 is 2.14 bits per heavy atom. The molecule has 0 spiro atoms. The molecule has 1 unspecified atom stereocenters. The van der Waals surface area contributed by atoms with Gasteiger partial charge in [0.2, 0.25) is 0 Å². The van der Waals surface area contributed by atoms with Crippen LogP contribution in [0.1, 0.15) is 42.6 Å². The molecular formula is C23H27NO5. The van der Waals surface area contributed by atoms with Gasteiger partial charge in [0.15, 0.2) is 5.78 Å². The van der Waals surface area contributed by atoms with Crippen molar-refractivity contribution in [2.24, 2.45) is 0 Å². The van der Waals surface area contributed by atoms with Gasteiger partial charge in [-0.2, -0.15) is 0 Å². The Bertz CT molecular complexity index is 818. The Kier molecular flexibility index (Phi) is 8.09. The van der Waals surface area contributed by atoms with Gasteiger partial charge in [0, 0.05) is 12.0 Å². The van der Waals surface area contributed by atoms with Crippen molar-refractivity contribution in [1.82, 2.24) is 5.32 Å². The molecule has 0 bridgehead atoms. The summed E-state index contributed by atoms with van der Waals surface area (Å²) in [5, 5.41) is 2.99. The smallest absolute Gasteiger partial charge is 0.326 e. The van der Waals surface area contributed by atoms with E-state index in [-0.39, 0.29) is 25.2 Å². The van der Waals surface area contributed by atoms with Crippen molar-refractivity contribution in [3.8, 4) is 0 Å². The van der Waals surface area contributed by atoms with E-state index in [9.17, 15) is 14.4 Å². The van der Waals surface area contributed by atoms with Crippen LogP contribution in [0.5, 0.6) is 0 Å². The molecule has 2 aromatic rings. The van der Waals surface area contributed by atoms with Crippen LogP contribution in [0.3, 0.4) is 0 Å². The van der Waals surface area contributed by atoms with Gasteiger partial charge in [-0.05, 0) is 25.8 Å². The van der Waals surface area contributed by atoms with Crippen LogP contribution < -0.4 is 5.32 Å². The topological polar surface area (TPSA) is 81.7 Å². The monoisotopic (exact) mass is 397 g/mol. The van der Waals surface area contributed by atoms with E-state index in [0.717, 1.165) is 5.56 Å². The first-order valence-electron chi connectivity index (χ1n) is 9.48. The summed E-state index contributed by atoms with van der Waals surface area (Å²) in [6.45, 7) is 3.41. The molecule has 0 saturated heterocycles. The Labute approximate surface area is 171 Å². The van der Waals surface area contributed by atoms with Crippen LogP contribution in [0.25, 0.3) is 0 Å². The number of Topliss-reactive ketones (excluding diaryl/α,β-unsaturated/α-hetero) is 1. The number of methoxy groups -OCH3 is 1. The van der Waals surface area contributed by atoms with Gasteiger partial charge in [0.05, 0.1) is 7.11 Å². The van der Waals surface area contributed by atoms with E-state index in [4.69, 9.17) is 9.47 Å². The molecule has 1 atom stereocenters. The number of esters is 2. The second-order valence-electron chi connectivity index (χ2n) is 7.23. The number of ether oxygens (including phenoxy) is 2. The zero-order chi connectivity index (χ0) is 21.3. The molecule has 6 heteroatoms. The van der Waals surface area contributed by atoms with Crippen LogP contribution in [0.4, 0.5) is 0 Å². The highest BCUT2D eigenvalue weighted by Gasteiger charge is 2.35. The fourth-order valence-electron chi connectivity index (χ4n) is 2.83. The molecule has 0 fully saturated rings. The molecule has 2 rings (SSSR count). The maximum atomic E-state index is 12.5. The van der Waals surface area contributed by atoms with Crippen LogP contribution in [0.15, 0.2) is 60.7 Å². The summed E-state index contributed by atoms with van der Waals surface area (Å²) < 4.78 is 10.2. The van der Waals surface area contributed by atoms with E-state index in [1.54, 1.807) is 38.1 Å². The van der Waals surface area contributed by atoms with Gasteiger partial charge in [0.25, 0.3) is 0 Å². The molecule has 2 aromatic carbocycles. The molecule has 154 valence electrons. The molecule has 6 nitrogen and oxygen atoms in total. The van der Waals surface area contributed by atoms with Crippen molar-refractivity contribution in [2.45, 2.75) is 44.9 Å². The van der Waals surface area contributed by atoms with Crippen molar-refractivity contribution in [1.29, 1.82) is 0 Å². The van der Waals surface area contributed by atoms with Crippen LogP contribution in [-0.2, 0) is 25.7 Å². The van der Waals surface area contributed by atoms with Gasteiger partial charge in [-0.15, -0.1) is 0 Å². The molecule has 0 aliphatic rings. The Morgan fingerprint density at radius 2 is 1.55 bits per heavy atom. The minimum absolute atomic E-state index is 0.0780. The quantitative estimate of drug-likeness (QED) is 0.489. The largest absolute Gasteiger partial charge is 0.468 e. The van der Waals surface area contributed by atoms with E-state index in [1.807, 2.05) is 36.4 Å². The lowest BCUT2D eigenvalue weighted by atomic mass is 9.99. The Morgan fingerprint density at radius 1 is 0.966 bits per heavy atom. The highest BCUT2D eigenvalue weighted by atomic mass is 16.5. The molecule has 0 saturated carbocycles. The van der Waals surface area contributed by atoms with E-state index in [0.29, 0.717) is 5.56 Å². The normalized spacial score (nSPS) is 12.1. The number of hydrogen-bond acceptors (Lipinski definition) is 6. The molecule has 0 aliphatic carbocycles. The second-order valence-corrected chi connectivity index (χ2v) is 7.23. The van der Waals surface area contributed by atoms with Gasteiger partial charge in [-0.1, -0.05) is 60.7 Å². The van der Waals surface area contributed by atoms with Gasteiger partial charge in [-0.25, -0.2) is 0 Å². The maximum absolute atomic E-state index is 12.5. The number of ketones is 1. The number of hydrogen-bond donors (Lipinski definition) is 1. The lowest BCUT2D eigenvalue weighted by molar-refractivity contribution is -0.153. The Balaban J connectivity index is 1.97. The van der Waals surface area contributed by atoms with Gasteiger partial charge in [0.1, 0.15) is 18.2 Å². The number of carbonyl (C=O) groups excluding carboxylic acids is 3. The van der Waals surface area contributed by atoms with Gasteiger partial charge in [-0.3, -0.25) is 19.7 Å². The van der Waals surface area contributed by atoms with E-state index >= 15 is 0 Å².